The van der Waals surface area contributed by atoms with E-state index in [0.717, 1.165) is 37.9 Å². The summed E-state index contributed by atoms with van der Waals surface area (Å²) in [6, 6.07) is 4.81. The number of hydrogen-bond donors (Lipinski definition) is 2. The van der Waals surface area contributed by atoms with Gasteiger partial charge in [-0.05, 0) is 56.2 Å². The molecule has 2 fully saturated rings. The Morgan fingerprint density at radius 2 is 2.17 bits per heavy atom. The number of hydrogen-bond acceptors (Lipinski definition) is 4. The second kappa shape index (κ2) is 10.6. The van der Waals surface area contributed by atoms with Crippen molar-refractivity contribution in [3.63, 3.8) is 0 Å². The van der Waals surface area contributed by atoms with Crippen molar-refractivity contribution in [2.75, 3.05) is 40.4 Å². The molecule has 2 atom stereocenters. The summed E-state index contributed by atoms with van der Waals surface area (Å²) in [6.45, 7) is 3.92. The van der Waals surface area contributed by atoms with Gasteiger partial charge in [0.15, 0.2) is 17.5 Å². The molecule has 0 spiro atoms. The van der Waals surface area contributed by atoms with E-state index in [1.165, 1.54) is 11.0 Å². The SMILES string of the molecule is CC(NC(=NCC(=O)N(C)C)NCC1CCCO1)c1ccc(OCC2CC2)c(F)c1. The van der Waals surface area contributed by atoms with Crippen LogP contribution in [0.5, 0.6) is 5.75 Å². The second-order valence-electron chi connectivity index (χ2n) is 8.28. The monoisotopic (exact) mass is 420 g/mol. The zero-order valence-electron chi connectivity index (χ0n) is 18.1. The van der Waals surface area contributed by atoms with Crippen molar-refractivity contribution < 1.29 is 18.7 Å². The number of nitrogens with zero attached hydrogens (tertiary/aromatic N) is 2. The van der Waals surface area contributed by atoms with E-state index in [1.54, 1.807) is 20.2 Å². The van der Waals surface area contributed by atoms with Crippen molar-refractivity contribution in [1.82, 2.24) is 15.5 Å². The summed E-state index contributed by atoms with van der Waals surface area (Å²) in [7, 11) is 3.39. The summed E-state index contributed by atoms with van der Waals surface area (Å²) < 4.78 is 25.7. The van der Waals surface area contributed by atoms with E-state index in [9.17, 15) is 9.18 Å². The van der Waals surface area contributed by atoms with Crippen LogP contribution in [0.25, 0.3) is 0 Å². The van der Waals surface area contributed by atoms with Crippen LogP contribution >= 0.6 is 0 Å². The van der Waals surface area contributed by atoms with Gasteiger partial charge in [-0.15, -0.1) is 0 Å². The van der Waals surface area contributed by atoms with Gasteiger partial charge in [0.05, 0.1) is 18.8 Å². The summed E-state index contributed by atoms with van der Waals surface area (Å²) in [6.07, 6.45) is 4.52. The standard InChI is InChI=1S/C22H33FN4O3/c1-15(17-8-9-20(19(23)11-17)30-14-16-6-7-16)26-22(25-13-21(28)27(2)3)24-12-18-5-4-10-29-18/h8-9,11,15-16,18H,4-7,10,12-14H2,1-3H3,(H2,24,25,26). The molecular formula is C22H33FN4O3. The predicted molar refractivity (Wildman–Crippen MR) is 114 cm³/mol. The van der Waals surface area contributed by atoms with Gasteiger partial charge in [-0.3, -0.25) is 4.79 Å². The number of ether oxygens (including phenoxy) is 2. The Balaban J connectivity index is 1.61. The Morgan fingerprint density at radius 3 is 2.80 bits per heavy atom. The topological polar surface area (TPSA) is 75.2 Å². The van der Waals surface area contributed by atoms with Crippen LogP contribution in [-0.2, 0) is 9.53 Å². The number of likely N-dealkylation sites (N-methyl/N-ethyl adjacent to an activating group) is 1. The lowest BCUT2D eigenvalue weighted by molar-refractivity contribution is -0.127. The maximum atomic E-state index is 14.4. The van der Waals surface area contributed by atoms with Gasteiger partial charge < -0.3 is 25.0 Å². The van der Waals surface area contributed by atoms with Gasteiger partial charge in [0.25, 0.3) is 0 Å². The highest BCUT2D eigenvalue weighted by atomic mass is 19.1. The summed E-state index contributed by atoms with van der Waals surface area (Å²) >= 11 is 0. The zero-order chi connectivity index (χ0) is 21.5. The minimum Gasteiger partial charge on any atom is -0.490 e. The Morgan fingerprint density at radius 1 is 1.37 bits per heavy atom. The molecule has 0 radical (unpaired) electrons. The highest BCUT2D eigenvalue weighted by Crippen LogP contribution is 2.30. The number of halogens is 1. The number of amides is 1. The lowest BCUT2D eigenvalue weighted by atomic mass is 10.1. The van der Waals surface area contributed by atoms with Crippen molar-refractivity contribution in [3.8, 4) is 5.75 Å². The smallest absolute Gasteiger partial charge is 0.243 e. The second-order valence-corrected chi connectivity index (χ2v) is 8.28. The number of carbonyl (C=O) groups excluding carboxylic acids is 1. The van der Waals surface area contributed by atoms with Crippen molar-refractivity contribution >= 4 is 11.9 Å². The van der Waals surface area contributed by atoms with Crippen LogP contribution in [0.4, 0.5) is 4.39 Å². The molecule has 166 valence electrons. The highest BCUT2D eigenvalue weighted by Gasteiger charge is 2.23. The Bertz CT molecular complexity index is 746. The predicted octanol–water partition coefficient (Wildman–Crippen LogP) is 2.48. The molecule has 0 bridgehead atoms. The molecule has 0 aromatic heterocycles. The molecule has 2 aliphatic rings. The van der Waals surface area contributed by atoms with E-state index in [1.807, 2.05) is 13.0 Å². The first kappa shape index (κ1) is 22.3. The Hall–Kier alpha value is -2.35. The van der Waals surface area contributed by atoms with Crippen LogP contribution in [0.3, 0.4) is 0 Å². The molecule has 1 aromatic rings. The molecule has 1 saturated carbocycles. The van der Waals surface area contributed by atoms with Gasteiger partial charge >= 0.3 is 0 Å². The summed E-state index contributed by atoms with van der Waals surface area (Å²) in [5.74, 6) is 0.908. The number of nitrogens with one attached hydrogen (secondary N) is 2. The van der Waals surface area contributed by atoms with Crippen LogP contribution in [0, 0.1) is 11.7 Å². The molecule has 1 saturated heterocycles. The Labute approximate surface area is 178 Å². The largest absolute Gasteiger partial charge is 0.490 e. The normalized spacial score (nSPS) is 20.0. The number of rotatable bonds is 9. The van der Waals surface area contributed by atoms with Crippen LogP contribution in [0.1, 0.15) is 44.2 Å². The fourth-order valence-corrected chi connectivity index (χ4v) is 3.14. The Kier molecular flexibility index (Phi) is 7.90. The summed E-state index contributed by atoms with van der Waals surface area (Å²) in [5.41, 5.74) is 0.775. The molecule has 8 heteroatoms. The third kappa shape index (κ3) is 6.86. The number of carbonyl (C=O) groups is 1. The average molecular weight is 421 g/mol. The lowest BCUT2D eigenvalue weighted by Gasteiger charge is -2.21. The van der Waals surface area contributed by atoms with E-state index in [2.05, 4.69) is 15.6 Å². The van der Waals surface area contributed by atoms with Crippen molar-refractivity contribution in [2.24, 2.45) is 10.9 Å². The van der Waals surface area contributed by atoms with Gasteiger partial charge in [0, 0.05) is 27.2 Å². The van der Waals surface area contributed by atoms with Crippen LogP contribution in [0.2, 0.25) is 0 Å². The first-order chi connectivity index (χ1) is 14.4. The third-order valence-electron chi connectivity index (χ3n) is 5.37. The van der Waals surface area contributed by atoms with E-state index < -0.39 is 0 Å². The zero-order valence-corrected chi connectivity index (χ0v) is 18.1. The van der Waals surface area contributed by atoms with Gasteiger partial charge in [0.2, 0.25) is 5.91 Å². The average Bonchev–Trinajstić information content (AvgIpc) is 3.41. The molecule has 1 aliphatic heterocycles. The third-order valence-corrected chi connectivity index (χ3v) is 5.37. The van der Waals surface area contributed by atoms with Gasteiger partial charge in [-0.1, -0.05) is 6.07 Å². The molecule has 30 heavy (non-hydrogen) atoms. The highest BCUT2D eigenvalue weighted by molar-refractivity contribution is 5.85. The van der Waals surface area contributed by atoms with Gasteiger partial charge in [-0.25, -0.2) is 9.38 Å². The summed E-state index contributed by atoms with van der Waals surface area (Å²) in [5, 5.41) is 6.51. The minimum atomic E-state index is -0.365. The molecule has 7 nitrogen and oxygen atoms in total. The fourth-order valence-electron chi connectivity index (χ4n) is 3.14. The van der Waals surface area contributed by atoms with Crippen LogP contribution in [0.15, 0.2) is 23.2 Å². The maximum absolute atomic E-state index is 14.4. The number of guanidine groups is 1. The molecule has 1 aliphatic carbocycles. The molecule has 2 unspecified atom stereocenters. The quantitative estimate of drug-likeness (QED) is 0.474. The number of aliphatic imine (C=N–C) groups is 1. The van der Waals surface area contributed by atoms with Gasteiger partial charge in [-0.2, -0.15) is 0 Å². The molecule has 1 amide bonds. The fraction of sp³-hybridized carbons (Fsp3) is 0.636. The first-order valence-electron chi connectivity index (χ1n) is 10.7. The molecule has 3 rings (SSSR count). The lowest BCUT2D eigenvalue weighted by Crippen LogP contribution is -2.42. The van der Waals surface area contributed by atoms with Crippen molar-refractivity contribution in [3.05, 3.63) is 29.6 Å². The maximum Gasteiger partial charge on any atom is 0.243 e. The van der Waals surface area contributed by atoms with Crippen LogP contribution in [-0.4, -0.2) is 63.3 Å². The molecule has 2 N–H and O–H groups in total. The first-order valence-corrected chi connectivity index (χ1v) is 10.7. The molecule has 1 aromatic carbocycles. The molecular weight excluding hydrogens is 387 g/mol. The molecule has 1 heterocycles. The van der Waals surface area contributed by atoms with E-state index in [4.69, 9.17) is 9.47 Å². The number of benzene rings is 1. The van der Waals surface area contributed by atoms with E-state index in [-0.39, 0.29) is 30.4 Å². The van der Waals surface area contributed by atoms with Crippen molar-refractivity contribution in [2.45, 2.75) is 44.8 Å². The van der Waals surface area contributed by atoms with Gasteiger partial charge in [0.1, 0.15) is 6.54 Å². The minimum absolute atomic E-state index is 0.0306. The summed E-state index contributed by atoms with van der Waals surface area (Å²) in [4.78, 5) is 17.8. The van der Waals surface area contributed by atoms with E-state index in [0.29, 0.717) is 30.8 Å². The van der Waals surface area contributed by atoms with Crippen LogP contribution < -0.4 is 15.4 Å². The van der Waals surface area contributed by atoms with Crippen molar-refractivity contribution in [1.29, 1.82) is 0 Å². The van der Waals surface area contributed by atoms with E-state index >= 15 is 0 Å².